The van der Waals surface area contributed by atoms with Gasteiger partial charge in [-0.15, -0.1) is 0 Å². The molecule has 0 bridgehead atoms. The van der Waals surface area contributed by atoms with Crippen molar-refractivity contribution in [3.8, 4) is 0 Å². The number of hydrogen-bond acceptors (Lipinski definition) is 1. The van der Waals surface area contributed by atoms with E-state index in [0.29, 0.717) is 5.92 Å². The predicted molar refractivity (Wildman–Crippen MR) is 70.1 cm³/mol. The largest absolute Gasteiger partial charge is 0.310 e. The molecule has 3 heteroatoms. The lowest BCUT2D eigenvalue weighted by molar-refractivity contribution is 0.399. The first-order valence-corrected chi connectivity index (χ1v) is 6.69. The van der Waals surface area contributed by atoms with Gasteiger partial charge in [0.1, 0.15) is 5.82 Å². The SMILES string of the molecule is CC(C)c1cc(Cl)c(F)c(C2CCCCN2)c1. The summed E-state index contributed by atoms with van der Waals surface area (Å²) >= 11 is 5.98. The van der Waals surface area contributed by atoms with Crippen LogP contribution in [0.3, 0.4) is 0 Å². The summed E-state index contributed by atoms with van der Waals surface area (Å²) in [7, 11) is 0. The van der Waals surface area contributed by atoms with E-state index in [0.717, 1.165) is 30.5 Å². The summed E-state index contributed by atoms with van der Waals surface area (Å²) in [6.45, 7) is 5.16. The van der Waals surface area contributed by atoms with Crippen molar-refractivity contribution in [3.63, 3.8) is 0 Å². The predicted octanol–water partition coefficient (Wildman–Crippen LogP) is 4.42. The Bertz CT molecular complexity index is 397. The van der Waals surface area contributed by atoms with Crippen molar-refractivity contribution in [3.05, 3.63) is 34.1 Å². The van der Waals surface area contributed by atoms with E-state index in [1.54, 1.807) is 6.07 Å². The highest BCUT2D eigenvalue weighted by atomic mass is 35.5. The van der Waals surface area contributed by atoms with Crippen molar-refractivity contribution in [2.24, 2.45) is 0 Å². The van der Waals surface area contributed by atoms with E-state index < -0.39 is 0 Å². The average Bonchev–Trinajstić information content (AvgIpc) is 2.33. The van der Waals surface area contributed by atoms with Crippen LogP contribution in [-0.4, -0.2) is 6.54 Å². The second-order valence-corrected chi connectivity index (χ2v) is 5.47. The molecule has 1 fully saturated rings. The minimum absolute atomic E-state index is 0.125. The fourth-order valence-electron chi connectivity index (χ4n) is 2.34. The molecule has 0 saturated carbocycles. The average molecular weight is 256 g/mol. The van der Waals surface area contributed by atoms with Crippen molar-refractivity contribution >= 4 is 11.6 Å². The molecule has 0 radical (unpaired) electrons. The third kappa shape index (κ3) is 2.80. The summed E-state index contributed by atoms with van der Waals surface area (Å²) in [4.78, 5) is 0. The normalized spacial score (nSPS) is 20.9. The summed E-state index contributed by atoms with van der Waals surface area (Å²) in [5.74, 6) is 0.117. The van der Waals surface area contributed by atoms with Gasteiger partial charge in [-0.2, -0.15) is 0 Å². The van der Waals surface area contributed by atoms with Gasteiger partial charge in [-0.05, 0) is 36.9 Å². The molecule has 1 atom stereocenters. The van der Waals surface area contributed by atoms with E-state index in [-0.39, 0.29) is 16.9 Å². The molecule has 0 aromatic heterocycles. The van der Waals surface area contributed by atoms with Crippen LogP contribution < -0.4 is 5.32 Å². The molecule has 94 valence electrons. The lowest BCUT2D eigenvalue weighted by Crippen LogP contribution is -2.27. The van der Waals surface area contributed by atoms with Crippen LogP contribution in [-0.2, 0) is 0 Å². The Morgan fingerprint density at radius 3 is 2.71 bits per heavy atom. The number of benzene rings is 1. The van der Waals surface area contributed by atoms with Gasteiger partial charge in [-0.1, -0.05) is 37.9 Å². The van der Waals surface area contributed by atoms with Crippen molar-refractivity contribution in [2.75, 3.05) is 6.54 Å². The molecular weight excluding hydrogens is 237 g/mol. The highest BCUT2D eigenvalue weighted by molar-refractivity contribution is 6.30. The quantitative estimate of drug-likeness (QED) is 0.825. The van der Waals surface area contributed by atoms with Crippen LogP contribution in [0.25, 0.3) is 0 Å². The van der Waals surface area contributed by atoms with Crippen LogP contribution in [0, 0.1) is 5.82 Å². The number of piperidine rings is 1. The summed E-state index contributed by atoms with van der Waals surface area (Å²) in [6.07, 6.45) is 3.32. The molecule has 1 aromatic rings. The zero-order chi connectivity index (χ0) is 12.4. The molecule has 1 heterocycles. The van der Waals surface area contributed by atoms with Gasteiger partial charge in [0.25, 0.3) is 0 Å². The van der Waals surface area contributed by atoms with Crippen LogP contribution in [0.4, 0.5) is 4.39 Å². The third-order valence-corrected chi connectivity index (χ3v) is 3.71. The molecule has 2 rings (SSSR count). The maximum absolute atomic E-state index is 14.1. The summed E-state index contributed by atoms with van der Waals surface area (Å²) < 4.78 is 14.1. The van der Waals surface area contributed by atoms with E-state index >= 15 is 0 Å². The smallest absolute Gasteiger partial charge is 0.146 e. The number of halogens is 2. The summed E-state index contributed by atoms with van der Waals surface area (Å²) in [5, 5.41) is 3.62. The van der Waals surface area contributed by atoms with Crippen LogP contribution in [0.5, 0.6) is 0 Å². The monoisotopic (exact) mass is 255 g/mol. The van der Waals surface area contributed by atoms with E-state index in [1.807, 2.05) is 6.07 Å². The Hall–Kier alpha value is -0.600. The van der Waals surface area contributed by atoms with Crippen molar-refractivity contribution in [2.45, 2.75) is 45.1 Å². The fourth-order valence-corrected chi connectivity index (χ4v) is 2.57. The van der Waals surface area contributed by atoms with E-state index in [1.165, 1.54) is 6.42 Å². The molecule has 1 nitrogen and oxygen atoms in total. The molecule has 1 N–H and O–H groups in total. The van der Waals surface area contributed by atoms with Gasteiger partial charge < -0.3 is 5.32 Å². The van der Waals surface area contributed by atoms with Crippen molar-refractivity contribution < 1.29 is 4.39 Å². The van der Waals surface area contributed by atoms with Gasteiger partial charge in [0, 0.05) is 11.6 Å². The minimum Gasteiger partial charge on any atom is -0.310 e. The third-order valence-electron chi connectivity index (χ3n) is 3.43. The van der Waals surface area contributed by atoms with Crippen LogP contribution in [0.1, 0.15) is 56.2 Å². The van der Waals surface area contributed by atoms with E-state index in [4.69, 9.17) is 11.6 Å². The Morgan fingerprint density at radius 2 is 2.12 bits per heavy atom. The first-order valence-electron chi connectivity index (χ1n) is 6.32. The first-order chi connectivity index (χ1) is 8.09. The van der Waals surface area contributed by atoms with Crippen LogP contribution in [0.15, 0.2) is 12.1 Å². The Morgan fingerprint density at radius 1 is 1.35 bits per heavy atom. The molecule has 1 aliphatic rings. The van der Waals surface area contributed by atoms with E-state index in [2.05, 4.69) is 19.2 Å². The second-order valence-electron chi connectivity index (χ2n) is 5.06. The maximum atomic E-state index is 14.1. The number of hydrogen-bond donors (Lipinski definition) is 1. The van der Waals surface area contributed by atoms with Gasteiger partial charge in [0.15, 0.2) is 0 Å². The van der Waals surface area contributed by atoms with Gasteiger partial charge in [-0.25, -0.2) is 4.39 Å². The molecule has 0 amide bonds. The summed E-state index contributed by atoms with van der Waals surface area (Å²) in [6, 6.07) is 3.84. The standard InChI is InChI=1S/C14H19ClFN/c1-9(2)10-7-11(14(16)12(15)8-10)13-5-3-4-6-17-13/h7-9,13,17H,3-6H2,1-2H3. The lowest BCUT2D eigenvalue weighted by atomic mass is 9.93. The number of nitrogens with one attached hydrogen (secondary N) is 1. The van der Waals surface area contributed by atoms with Crippen LogP contribution >= 0.6 is 11.6 Å². The Kier molecular flexibility index (Phi) is 4.05. The Labute approximate surface area is 107 Å². The molecule has 1 saturated heterocycles. The zero-order valence-electron chi connectivity index (χ0n) is 10.4. The maximum Gasteiger partial charge on any atom is 0.146 e. The van der Waals surface area contributed by atoms with Gasteiger partial charge in [0.2, 0.25) is 0 Å². The fraction of sp³-hybridized carbons (Fsp3) is 0.571. The highest BCUT2D eigenvalue weighted by Gasteiger charge is 2.21. The second kappa shape index (κ2) is 5.36. The van der Waals surface area contributed by atoms with Gasteiger partial charge in [-0.3, -0.25) is 0 Å². The Balaban J connectivity index is 2.36. The molecule has 0 aliphatic carbocycles. The van der Waals surface area contributed by atoms with Crippen LogP contribution in [0.2, 0.25) is 5.02 Å². The zero-order valence-corrected chi connectivity index (χ0v) is 11.1. The lowest BCUT2D eigenvalue weighted by Gasteiger charge is -2.25. The minimum atomic E-state index is -0.254. The van der Waals surface area contributed by atoms with Crippen molar-refractivity contribution in [1.29, 1.82) is 0 Å². The molecule has 17 heavy (non-hydrogen) atoms. The molecule has 1 unspecified atom stereocenters. The van der Waals surface area contributed by atoms with Gasteiger partial charge >= 0.3 is 0 Å². The highest BCUT2D eigenvalue weighted by Crippen LogP contribution is 2.32. The van der Waals surface area contributed by atoms with Crippen molar-refractivity contribution in [1.82, 2.24) is 5.32 Å². The topological polar surface area (TPSA) is 12.0 Å². The number of rotatable bonds is 2. The first kappa shape index (κ1) is 12.8. The molecule has 1 aliphatic heterocycles. The molecule has 1 aromatic carbocycles. The van der Waals surface area contributed by atoms with E-state index in [9.17, 15) is 4.39 Å². The summed E-state index contributed by atoms with van der Waals surface area (Å²) in [5.41, 5.74) is 1.85. The van der Waals surface area contributed by atoms with Gasteiger partial charge in [0.05, 0.1) is 5.02 Å². The molecular formula is C14H19ClFN. The molecule has 0 spiro atoms.